The van der Waals surface area contributed by atoms with Crippen molar-refractivity contribution in [3.63, 3.8) is 0 Å². The molecule has 1 aromatic rings. The number of hydrogen-bond acceptors (Lipinski definition) is 4. The lowest BCUT2D eigenvalue weighted by atomic mass is 9.88. The van der Waals surface area contributed by atoms with Gasteiger partial charge in [-0.1, -0.05) is 51.9 Å². The predicted octanol–water partition coefficient (Wildman–Crippen LogP) is 7.80. The lowest BCUT2D eigenvalue weighted by molar-refractivity contribution is -0.254. The number of hydrogen-bond donors (Lipinski definition) is 1. The summed E-state index contributed by atoms with van der Waals surface area (Å²) in [6, 6.07) is 0. The maximum absolute atomic E-state index is 13.7. The molecule has 0 aromatic heterocycles. The van der Waals surface area contributed by atoms with E-state index in [1.807, 2.05) is 20.8 Å². The second-order valence-electron chi connectivity index (χ2n) is 8.85. The largest absolute Gasteiger partial charge is 0.412 e. The van der Waals surface area contributed by atoms with Gasteiger partial charge < -0.3 is 19.5 Å². The lowest BCUT2D eigenvalue weighted by Gasteiger charge is -2.37. The molecular weight excluding hydrogens is 485 g/mol. The Labute approximate surface area is 211 Å². The summed E-state index contributed by atoms with van der Waals surface area (Å²) in [6.45, 7) is 9.07. The molecule has 1 rings (SSSR count). The van der Waals surface area contributed by atoms with Crippen LogP contribution in [-0.2, 0) is 9.47 Å². The first-order valence-electron chi connectivity index (χ1n) is 12.9. The zero-order valence-electron chi connectivity index (χ0n) is 21.8. The van der Waals surface area contributed by atoms with E-state index in [0.717, 1.165) is 25.7 Å². The number of carbonyl (C=O) groups is 1. The highest BCUT2D eigenvalue weighted by Gasteiger charge is 2.35. The molecule has 0 aliphatic rings. The molecular formula is C26H40F5NO4. The first kappa shape index (κ1) is 32.1. The summed E-state index contributed by atoms with van der Waals surface area (Å²) in [5.41, 5.74) is 0. The second-order valence-corrected chi connectivity index (χ2v) is 8.85. The van der Waals surface area contributed by atoms with Crippen LogP contribution in [0.25, 0.3) is 0 Å². The van der Waals surface area contributed by atoms with E-state index in [1.54, 1.807) is 0 Å². The highest BCUT2D eigenvalue weighted by Crippen LogP contribution is 2.33. The van der Waals surface area contributed by atoms with E-state index in [0.29, 0.717) is 26.1 Å². The molecule has 0 aliphatic heterocycles. The maximum atomic E-state index is 13.7. The molecule has 0 radical (unpaired) electrons. The Hall–Kier alpha value is -1.94. The Morgan fingerprint density at radius 2 is 1.22 bits per heavy atom. The Kier molecular flexibility index (Phi) is 14.9. The molecule has 208 valence electrons. The maximum Gasteiger partial charge on any atom is 0.412 e. The summed E-state index contributed by atoms with van der Waals surface area (Å²) >= 11 is 0. The number of unbranched alkanes of at least 4 members (excludes halogenated alkanes) is 6. The minimum atomic E-state index is -2.32. The second kappa shape index (κ2) is 16.7. The Morgan fingerprint density at radius 1 is 0.750 bits per heavy atom. The zero-order valence-corrected chi connectivity index (χ0v) is 21.8. The van der Waals surface area contributed by atoms with Gasteiger partial charge in [-0.05, 0) is 40.0 Å². The minimum absolute atomic E-state index is 0.0952. The van der Waals surface area contributed by atoms with Crippen LogP contribution in [0.5, 0.6) is 5.75 Å². The third-order valence-corrected chi connectivity index (χ3v) is 6.12. The third-order valence-electron chi connectivity index (χ3n) is 6.12. The SMILES string of the molecule is CCCCCCCCC(CCCCNC(=O)Oc1c(F)c(F)c(F)c(F)c1F)C(C)(OCC)OCC. The molecule has 0 heterocycles. The summed E-state index contributed by atoms with van der Waals surface area (Å²) in [5, 5.41) is 2.28. The van der Waals surface area contributed by atoms with Crippen molar-refractivity contribution in [2.45, 2.75) is 97.7 Å². The van der Waals surface area contributed by atoms with E-state index in [2.05, 4.69) is 17.0 Å². The Balaban J connectivity index is 2.60. The number of benzene rings is 1. The van der Waals surface area contributed by atoms with Crippen LogP contribution >= 0.6 is 0 Å². The fourth-order valence-corrected chi connectivity index (χ4v) is 4.20. The smallest absolute Gasteiger partial charge is 0.404 e. The fourth-order valence-electron chi connectivity index (χ4n) is 4.20. The van der Waals surface area contributed by atoms with Gasteiger partial charge in [-0.2, -0.15) is 8.78 Å². The summed E-state index contributed by atoms with van der Waals surface area (Å²) in [7, 11) is 0. The molecule has 1 atom stereocenters. The molecule has 36 heavy (non-hydrogen) atoms. The first-order chi connectivity index (χ1) is 17.1. The van der Waals surface area contributed by atoms with Gasteiger partial charge in [0.2, 0.25) is 34.8 Å². The summed E-state index contributed by atoms with van der Waals surface area (Å²) < 4.78 is 83.3. The van der Waals surface area contributed by atoms with Crippen molar-refractivity contribution >= 4 is 6.09 Å². The van der Waals surface area contributed by atoms with Gasteiger partial charge in [-0.15, -0.1) is 0 Å². The first-order valence-corrected chi connectivity index (χ1v) is 12.9. The number of amides is 1. The highest BCUT2D eigenvalue weighted by atomic mass is 19.2. The molecule has 1 amide bonds. The van der Waals surface area contributed by atoms with Gasteiger partial charge in [0.1, 0.15) is 0 Å². The third kappa shape index (κ3) is 9.84. The van der Waals surface area contributed by atoms with Crippen LogP contribution in [0, 0.1) is 35.0 Å². The van der Waals surface area contributed by atoms with Crippen molar-refractivity contribution in [3.8, 4) is 5.75 Å². The van der Waals surface area contributed by atoms with Crippen molar-refractivity contribution in [1.82, 2.24) is 5.32 Å². The van der Waals surface area contributed by atoms with Crippen molar-refractivity contribution in [2.24, 2.45) is 5.92 Å². The summed E-state index contributed by atoms with van der Waals surface area (Å²) in [5.74, 6) is -13.3. The lowest BCUT2D eigenvalue weighted by Crippen LogP contribution is -2.41. The van der Waals surface area contributed by atoms with Gasteiger partial charge >= 0.3 is 6.09 Å². The van der Waals surface area contributed by atoms with E-state index >= 15 is 0 Å². The van der Waals surface area contributed by atoms with Gasteiger partial charge in [-0.25, -0.2) is 18.0 Å². The molecule has 0 aliphatic carbocycles. The van der Waals surface area contributed by atoms with Crippen LogP contribution in [0.2, 0.25) is 0 Å². The van der Waals surface area contributed by atoms with Crippen LogP contribution in [0.4, 0.5) is 26.7 Å². The normalized spacial score (nSPS) is 12.6. The van der Waals surface area contributed by atoms with Crippen molar-refractivity contribution in [2.75, 3.05) is 19.8 Å². The van der Waals surface area contributed by atoms with Crippen LogP contribution in [0.3, 0.4) is 0 Å². The number of halogens is 5. The van der Waals surface area contributed by atoms with Gasteiger partial charge in [0.05, 0.1) is 0 Å². The number of carbonyl (C=O) groups excluding carboxylic acids is 1. The van der Waals surface area contributed by atoms with E-state index in [4.69, 9.17) is 9.47 Å². The Bertz CT molecular complexity index is 774. The zero-order chi connectivity index (χ0) is 27.1. The van der Waals surface area contributed by atoms with E-state index < -0.39 is 46.7 Å². The molecule has 0 saturated heterocycles. The predicted molar refractivity (Wildman–Crippen MR) is 127 cm³/mol. The van der Waals surface area contributed by atoms with E-state index in [9.17, 15) is 26.7 Å². The minimum Gasteiger partial charge on any atom is -0.404 e. The molecule has 10 heteroatoms. The average molecular weight is 526 g/mol. The van der Waals surface area contributed by atoms with Crippen LogP contribution in [-0.4, -0.2) is 31.6 Å². The molecule has 1 unspecified atom stereocenters. The monoisotopic (exact) mass is 525 g/mol. The molecule has 1 aromatic carbocycles. The molecule has 5 nitrogen and oxygen atoms in total. The van der Waals surface area contributed by atoms with Gasteiger partial charge in [-0.3, -0.25) is 0 Å². The van der Waals surface area contributed by atoms with Crippen LogP contribution < -0.4 is 10.1 Å². The van der Waals surface area contributed by atoms with Crippen molar-refractivity contribution in [1.29, 1.82) is 0 Å². The number of rotatable bonds is 18. The molecule has 0 saturated carbocycles. The molecule has 1 N–H and O–H groups in total. The molecule has 0 fully saturated rings. The highest BCUT2D eigenvalue weighted by molar-refractivity contribution is 5.70. The van der Waals surface area contributed by atoms with E-state index in [-0.39, 0.29) is 12.5 Å². The van der Waals surface area contributed by atoms with Crippen molar-refractivity contribution in [3.05, 3.63) is 29.1 Å². The number of nitrogens with one attached hydrogen (secondary N) is 1. The fraction of sp³-hybridized carbons (Fsp3) is 0.731. The molecule has 0 spiro atoms. The van der Waals surface area contributed by atoms with Gasteiger partial charge in [0.15, 0.2) is 5.79 Å². The van der Waals surface area contributed by atoms with Crippen LogP contribution in [0.1, 0.15) is 91.9 Å². The van der Waals surface area contributed by atoms with Gasteiger partial charge in [0, 0.05) is 25.7 Å². The quantitative estimate of drug-likeness (QED) is 0.0699. The Morgan fingerprint density at radius 3 is 1.75 bits per heavy atom. The topological polar surface area (TPSA) is 56.8 Å². The van der Waals surface area contributed by atoms with Gasteiger partial charge in [0.25, 0.3) is 0 Å². The number of ether oxygens (including phenoxy) is 3. The average Bonchev–Trinajstić information content (AvgIpc) is 2.85. The van der Waals surface area contributed by atoms with Crippen LogP contribution in [0.15, 0.2) is 0 Å². The summed E-state index contributed by atoms with van der Waals surface area (Å²) in [6.07, 6.45) is 8.61. The van der Waals surface area contributed by atoms with Crippen molar-refractivity contribution < 1.29 is 41.0 Å². The standard InChI is InChI=1S/C26H40F5NO4/c1-5-8-9-10-11-12-15-18(26(4,34-6-2)35-7-3)16-13-14-17-32-25(33)36-24-22(30)20(28)19(27)21(29)23(24)31/h18H,5-17H2,1-4H3,(H,32,33). The summed E-state index contributed by atoms with van der Waals surface area (Å²) in [4.78, 5) is 11.9. The molecule has 0 bridgehead atoms. The van der Waals surface area contributed by atoms with E-state index in [1.165, 1.54) is 25.7 Å².